The molecule has 158 valence electrons. The zero-order valence-electron chi connectivity index (χ0n) is 17.9. The van der Waals surface area contributed by atoms with E-state index in [0.29, 0.717) is 36.4 Å². The molecule has 0 bridgehead atoms. The second kappa shape index (κ2) is 8.38. The fraction of sp³-hybridized carbons (Fsp3) is 0.500. The number of carbonyl (C=O) groups is 1. The van der Waals surface area contributed by atoms with E-state index in [1.54, 1.807) is 0 Å². The highest BCUT2D eigenvalue weighted by molar-refractivity contribution is 5.94. The average Bonchev–Trinajstić information content (AvgIpc) is 3.43. The number of aromatic nitrogens is 5. The van der Waals surface area contributed by atoms with Crippen molar-refractivity contribution in [3.63, 3.8) is 0 Å². The molecule has 0 N–H and O–H groups in total. The molecule has 0 saturated carbocycles. The molecule has 0 atom stereocenters. The van der Waals surface area contributed by atoms with E-state index in [-0.39, 0.29) is 17.9 Å². The Morgan fingerprint density at radius 1 is 1.07 bits per heavy atom. The van der Waals surface area contributed by atoms with E-state index in [4.69, 9.17) is 4.52 Å². The monoisotopic (exact) mass is 408 g/mol. The SMILES string of the molecule is CC(C)c1ccc(C(=O)N2CCC(n3cc(-c4nc(C(C)C)no4)nn3)CC2)cc1. The minimum Gasteiger partial charge on any atom is -0.338 e. The first kappa shape index (κ1) is 20.3. The summed E-state index contributed by atoms with van der Waals surface area (Å²) in [5.74, 6) is 1.80. The number of hydrogen-bond donors (Lipinski definition) is 0. The van der Waals surface area contributed by atoms with E-state index < -0.39 is 0 Å². The van der Waals surface area contributed by atoms with Crippen molar-refractivity contribution in [3.8, 4) is 11.6 Å². The Bertz CT molecular complexity index is 997. The Morgan fingerprint density at radius 3 is 2.37 bits per heavy atom. The summed E-state index contributed by atoms with van der Waals surface area (Å²) in [6.07, 6.45) is 3.52. The van der Waals surface area contributed by atoms with Crippen LogP contribution in [0, 0.1) is 0 Å². The van der Waals surface area contributed by atoms with Crippen molar-refractivity contribution in [3.05, 3.63) is 47.4 Å². The molecular formula is C22H28N6O2. The largest absolute Gasteiger partial charge is 0.338 e. The molecule has 8 heteroatoms. The molecule has 0 spiro atoms. The molecule has 3 heterocycles. The van der Waals surface area contributed by atoms with Gasteiger partial charge < -0.3 is 9.42 Å². The van der Waals surface area contributed by atoms with Gasteiger partial charge >= 0.3 is 0 Å². The van der Waals surface area contributed by atoms with E-state index in [2.05, 4.69) is 34.3 Å². The van der Waals surface area contributed by atoms with E-state index in [0.717, 1.165) is 18.4 Å². The first-order valence-corrected chi connectivity index (χ1v) is 10.6. The van der Waals surface area contributed by atoms with Crippen LogP contribution in [0.1, 0.15) is 80.2 Å². The molecule has 30 heavy (non-hydrogen) atoms. The molecule has 3 aromatic rings. The van der Waals surface area contributed by atoms with Gasteiger partial charge in [0.05, 0.1) is 12.2 Å². The first-order chi connectivity index (χ1) is 14.4. The summed E-state index contributed by atoms with van der Waals surface area (Å²) < 4.78 is 7.16. The Hall–Kier alpha value is -3.03. The lowest BCUT2D eigenvalue weighted by Crippen LogP contribution is -2.39. The molecule has 0 radical (unpaired) electrons. The van der Waals surface area contributed by atoms with Crippen molar-refractivity contribution in [2.75, 3.05) is 13.1 Å². The predicted octanol–water partition coefficient (Wildman–Crippen LogP) is 4.05. The van der Waals surface area contributed by atoms with Crippen molar-refractivity contribution in [1.29, 1.82) is 0 Å². The van der Waals surface area contributed by atoms with Crippen LogP contribution < -0.4 is 0 Å². The molecule has 0 unspecified atom stereocenters. The summed E-state index contributed by atoms with van der Waals surface area (Å²) in [6, 6.07) is 8.16. The van der Waals surface area contributed by atoms with E-state index in [9.17, 15) is 4.79 Å². The van der Waals surface area contributed by atoms with Crippen LogP contribution in [0.15, 0.2) is 35.0 Å². The number of likely N-dealkylation sites (tertiary alicyclic amines) is 1. The molecule has 1 aliphatic heterocycles. The third-order valence-electron chi connectivity index (χ3n) is 5.64. The van der Waals surface area contributed by atoms with Gasteiger partial charge in [-0.1, -0.05) is 50.2 Å². The maximum absolute atomic E-state index is 12.8. The van der Waals surface area contributed by atoms with Crippen LogP contribution in [0.4, 0.5) is 0 Å². The Morgan fingerprint density at radius 2 is 1.77 bits per heavy atom. The fourth-order valence-electron chi connectivity index (χ4n) is 3.65. The second-order valence-electron chi connectivity index (χ2n) is 8.50. The minimum atomic E-state index is 0.0927. The normalized spacial score (nSPS) is 15.3. The molecule has 4 rings (SSSR count). The van der Waals surface area contributed by atoms with Gasteiger partial charge in [-0.25, -0.2) is 4.68 Å². The Labute approximate surface area is 176 Å². The summed E-state index contributed by atoms with van der Waals surface area (Å²) in [5, 5.41) is 12.4. The summed E-state index contributed by atoms with van der Waals surface area (Å²) in [4.78, 5) is 19.1. The van der Waals surface area contributed by atoms with Gasteiger partial charge in [-0.2, -0.15) is 4.98 Å². The van der Waals surface area contributed by atoms with Crippen molar-refractivity contribution >= 4 is 5.91 Å². The van der Waals surface area contributed by atoms with Crippen molar-refractivity contribution in [1.82, 2.24) is 30.0 Å². The number of benzene rings is 1. The maximum atomic E-state index is 12.8. The summed E-state index contributed by atoms with van der Waals surface area (Å²) in [7, 11) is 0. The highest BCUT2D eigenvalue weighted by Gasteiger charge is 2.26. The molecule has 1 amide bonds. The minimum absolute atomic E-state index is 0.0927. The topological polar surface area (TPSA) is 89.9 Å². The lowest BCUT2D eigenvalue weighted by atomic mass is 10.0. The van der Waals surface area contributed by atoms with Gasteiger partial charge in [0.2, 0.25) is 0 Å². The van der Waals surface area contributed by atoms with E-state index in [1.165, 1.54) is 5.56 Å². The Kier molecular flexibility index (Phi) is 5.65. The lowest BCUT2D eigenvalue weighted by molar-refractivity contribution is 0.0689. The van der Waals surface area contributed by atoms with Gasteiger partial charge in [-0.05, 0) is 36.5 Å². The maximum Gasteiger partial charge on any atom is 0.280 e. The summed E-state index contributed by atoms with van der Waals surface area (Å²) >= 11 is 0. The van der Waals surface area contributed by atoms with Crippen molar-refractivity contribution in [2.24, 2.45) is 0 Å². The fourth-order valence-corrected chi connectivity index (χ4v) is 3.65. The number of hydrogen-bond acceptors (Lipinski definition) is 6. The van der Waals surface area contributed by atoms with Crippen LogP contribution in [-0.2, 0) is 0 Å². The summed E-state index contributed by atoms with van der Waals surface area (Å²) in [6.45, 7) is 9.72. The van der Waals surface area contributed by atoms with Gasteiger partial charge in [-0.15, -0.1) is 5.10 Å². The van der Waals surface area contributed by atoms with Crippen molar-refractivity contribution in [2.45, 2.75) is 58.4 Å². The number of piperidine rings is 1. The molecule has 1 saturated heterocycles. The summed E-state index contributed by atoms with van der Waals surface area (Å²) in [5.41, 5.74) is 2.57. The number of amides is 1. The van der Waals surface area contributed by atoms with Crippen molar-refractivity contribution < 1.29 is 9.32 Å². The molecule has 2 aromatic heterocycles. The molecule has 1 aliphatic rings. The third kappa shape index (κ3) is 4.13. The smallest absolute Gasteiger partial charge is 0.280 e. The molecular weight excluding hydrogens is 380 g/mol. The molecule has 8 nitrogen and oxygen atoms in total. The van der Waals surface area contributed by atoms with Crippen LogP contribution in [0.5, 0.6) is 0 Å². The second-order valence-corrected chi connectivity index (χ2v) is 8.50. The average molecular weight is 409 g/mol. The van der Waals surface area contributed by atoms with Crippen LogP contribution in [0.25, 0.3) is 11.6 Å². The highest BCUT2D eigenvalue weighted by Crippen LogP contribution is 2.25. The number of carbonyl (C=O) groups excluding carboxylic acids is 1. The third-order valence-corrected chi connectivity index (χ3v) is 5.64. The van der Waals surface area contributed by atoms with Crippen LogP contribution in [0.3, 0.4) is 0 Å². The van der Waals surface area contributed by atoms with Gasteiger partial charge in [0.15, 0.2) is 11.5 Å². The van der Waals surface area contributed by atoms with Crippen LogP contribution >= 0.6 is 0 Å². The van der Waals surface area contributed by atoms with Crippen LogP contribution in [0.2, 0.25) is 0 Å². The number of nitrogens with zero attached hydrogens (tertiary/aromatic N) is 6. The zero-order valence-corrected chi connectivity index (χ0v) is 17.9. The van der Waals surface area contributed by atoms with Crippen LogP contribution in [-0.4, -0.2) is 49.0 Å². The van der Waals surface area contributed by atoms with Gasteiger partial charge in [0, 0.05) is 24.6 Å². The van der Waals surface area contributed by atoms with Gasteiger partial charge in [0.1, 0.15) is 0 Å². The first-order valence-electron chi connectivity index (χ1n) is 10.6. The lowest BCUT2D eigenvalue weighted by Gasteiger charge is -2.32. The molecule has 1 aromatic carbocycles. The quantitative estimate of drug-likeness (QED) is 0.633. The van der Waals surface area contributed by atoms with E-state index >= 15 is 0 Å². The molecule has 1 fully saturated rings. The highest BCUT2D eigenvalue weighted by atomic mass is 16.5. The van der Waals surface area contributed by atoms with Gasteiger partial charge in [0.25, 0.3) is 11.8 Å². The zero-order chi connectivity index (χ0) is 21.3. The van der Waals surface area contributed by atoms with E-state index in [1.807, 2.05) is 53.9 Å². The number of rotatable bonds is 5. The molecule has 0 aliphatic carbocycles. The predicted molar refractivity (Wildman–Crippen MR) is 112 cm³/mol. The Balaban J connectivity index is 1.37. The standard InChI is InChI=1S/C22H28N6O2/c1-14(2)16-5-7-17(8-6-16)22(29)27-11-9-18(10-12-27)28-13-19(24-26-28)21-23-20(15(3)4)25-30-21/h5-8,13-15,18H,9-12H2,1-4H3. The van der Waals surface area contributed by atoms with Gasteiger partial charge in [-0.3, -0.25) is 4.79 Å².